The summed E-state index contributed by atoms with van der Waals surface area (Å²) in [6.45, 7) is 7.30. The predicted molar refractivity (Wildman–Crippen MR) is 101 cm³/mol. The number of hydrogen-bond acceptors (Lipinski definition) is 2. The van der Waals surface area contributed by atoms with Crippen molar-refractivity contribution in [3.63, 3.8) is 0 Å². The molecule has 3 rings (SSSR count). The minimum absolute atomic E-state index is 0.161. The van der Waals surface area contributed by atoms with Gasteiger partial charge in [0, 0.05) is 12.0 Å². The fourth-order valence-electron chi connectivity index (χ4n) is 3.57. The second-order valence-electron chi connectivity index (χ2n) is 6.92. The van der Waals surface area contributed by atoms with Crippen LogP contribution in [-0.2, 0) is 0 Å². The van der Waals surface area contributed by atoms with E-state index in [9.17, 15) is 0 Å². The van der Waals surface area contributed by atoms with Gasteiger partial charge in [0.1, 0.15) is 11.4 Å². The quantitative estimate of drug-likeness (QED) is 0.720. The van der Waals surface area contributed by atoms with Crippen molar-refractivity contribution in [2.24, 2.45) is 0 Å². The van der Waals surface area contributed by atoms with E-state index in [1.807, 2.05) is 18.2 Å². The van der Waals surface area contributed by atoms with Gasteiger partial charge in [0.25, 0.3) is 0 Å². The Hall–Kier alpha value is -1.22. The molecule has 0 amide bonds. The average Bonchev–Trinajstić information content (AvgIpc) is 2.54. The second kappa shape index (κ2) is 6.95. The number of nitrogens with one attached hydrogen (secondary N) is 1. The van der Waals surface area contributed by atoms with Crippen LogP contribution in [0.2, 0.25) is 10.0 Å². The zero-order chi connectivity index (χ0) is 17.3. The second-order valence-corrected chi connectivity index (χ2v) is 7.73. The van der Waals surface area contributed by atoms with E-state index in [1.54, 1.807) is 0 Å². The molecule has 2 atom stereocenters. The fourth-order valence-corrected chi connectivity index (χ4v) is 3.88. The first-order valence-corrected chi connectivity index (χ1v) is 9.13. The molecule has 2 aromatic rings. The molecule has 0 fully saturated rings. The van der Waals surface area contributed by atoms with Crippen molar-refractivity contribution in [3.05, 3.63) is 63.6 Å². The molecule has 0 radical (unpaired) electrons. The molecule has 4 heteroatoms. The van der Waals surface area contributed by atoms with Crippen molar-refractivity contribution < 1.29 is 4.74 Å². The Labute approximate surface area is 154 Å². The third kappa shape index (κ3) is 3.56. The van der Waals surface area contributed by atoms with E-state index in [0.29, 0.717) is 16.0 Å². The van der Waals surface area contributed by atoms with Gasteiger partial charge >= 0.3 is 0 Å². The molecular formula is C20H23Cl2NO. The zero-order valence-electron chi connectivity index (χ0n) is 14.3. The monoisotopic (exact) mass is 363 g/mol. The highest BCUT2D eigenvalue weighted by molar-refractivity contribution is 6.42. The van der Waals surface area contributed by atoms with Gasteiger partial charge in [0.2, 0.25) is 0 Å². The minimum Gasteiger partial charge on any atom is -0.488 e. The number of rotatable bonds is 4. The van der Waals surface area contributed by atoms with E-state index in [0.717, 1.165) is 24.3 Å². The number of halogens is 2. The lowest BCUT2D eigenvalue weighted by Gasteiger charge is -2.41. The standard InChI is InChI=1S/C20H23Cl2NO/c1-4-23-19(13-9-10-16(21)17(22)11-13)15-12-20(2,3)24-18-8-6-5-7-14(15)18/h5-11,15,19,23H,4,12H2,1-3H3. The molecule has 2 unspecified atom stereocenters. The van der Waals surface area contributed by atoms with Crippen LogP contribution >= 0.6 is 23.2 Å². The summed E-state index contributed by atoms with van der Waals surface area (Å²) in [5, 5.41) is 4.82. The smallest absolute Gasteiger partial charge is 0.123 e. The molecule has 0 spiro atoms. The molecule has 1 heterocycles. The lowest BCUT2D eigenvalue weighted by molar-refractivity contribution is 0.0648. The van der Waals surface area contributed by atoms with Crippen molar-refractivity contribution >= 4 is 23.2 Å². The SMILES string of the molecule is CCNC(c1ccc(Cl)c(Cl)c1)C1CC(C)(C)Oc2ccccc21. The highest BCUT2D eigenvalue weighted by Gasteiger charge is 2.38. The Morgan fingerprint density at radius 2 is 1.92 bits per heavy atom. The zero-order valence-corrected chi connectivity index (χ0v) is 15.8. The first-order valence-electron chi connectivity index (χ1n) is 8.37. The first kappa shape index (κ1) is 17.6. The molecule has 2 nitrogen and oxygen atoms in total. The van der Waals surface area contributed by atoms with Crippen LogP contribution in [0.3, 0.4) is 0 Å². The number of likely N-dealkylation sites (N-methyl/N-ethyl adjacent to an activating group) is 1. The van der Waals surface area contributed by atoms with Crippen LogP contribution in [0.4, 0.5) is 0 Å². The Bertz CT molecular complexity index is 729. The molecule has 1 aliphatic heterocycles. The summed E-state index contributed by atoms with van der Waals surface area (Å²) in [6.07, 6.45) is 0.932. The molecule has 0 saturated carbocycles. The van der Waals surface area contributed by atoms with E-state index < -0.39 is 0 Å². The summed E-state index contributed by atoms with van der Waals surface area (Å²) in [5.41, 5.74) is 2.20. The maximum atomic E-state index is 6.27. The summed E-state index contributed by atoms with van der Waals surface area (Å²) < 4.78 is 6.18. The van der Waals surface area contributed by atoms with Crippen molar-refractivity contribution in [1.29, 1.82) is 0 Å². The van der Waals surface area contributed by atoms with E-state index >= 15 is 0 Å². The van der Waals surface area contributed by atoms with Crippen molar-refractivity contribution in [2.45, 2.75) is 44.8 Å². The van der Waals surface area contributed by atoms with Crippen LogP contribution in [0.1, 0.15) is 50.3 Å². The molecule has 1 aliphatic rings. The largest absolute Gasteiger partial charge is 0.488 e. The number of hydrogen-bond donors (Lipinski definition) is 1. The van der Waals surface area contributed by atoms with E-state index in [2.05, 4.69) is 50.4 Å². The number of ether oxygens (including phenoxy) is 1. The number of fused-ring (bicyclic) bond motifs is 1. The third-order valence-corrected chi connectivity index (χ3v) is 5.28. The maximum Gasteiger partial charge on any atom is 0.123 e. The summed E-state index contributed by atoms with van der Waals surface area (Å²) >= 11 is 12.4. The summed E-state index contributed by atoms with van der Waals surface area (Å²) in [6, 6.07) is 14.4. The minimum atomic E-state index is -0.205. The Morgan fingerprint density at radius 1 is 1.17 bits per heavy atom. The van der Waals surface area contributed by atoms with Gasteiger partial charge in [-0.15, -0.1) is 0 Å². The topological polar surface area (TPSA) is 21.3 Å². The Morgan fingerprint density at radius 3 is 2.62 bits per heavy atom. The molecule has 0 aromatic heterocycles. The van der Waals surface area contributed by atoms with Gasteiger partial charge in [-0.05, 0) is 56.1 Å². The maximum absolute atomic E-state index is 6.27. The van der Waals surface area contributed by atoms with E-state index in [-0.39, 0.29) is 11.6 Å². The number of para-hydroxylation sites is 1. The Kier molecular flexibility index (Phi) is 5.10. The van der Waals surface area contributed by atoms with E-state index in [1.165, 1.54) is 5.56 Å². The predicted octanol–water partition coefficient (Wildman–Crippen LogP) is 5.99. The van der Waals surface area contributed by atoms with Gasteiger partial charge < -0.3 is 10.1 Å². The third-order valence-electron chi connectivity index (χ3n) is 4.55. The normalized spacial score (nSPS) is 20.1. The number of benzene rings is 2. The molecule has 24 heavy (non-hydrogen) atoms. The molecule has 0 aliphatic carbocycles. The van der Waals surface area contributed by atoms with Crippen LogP contribution in [0.15, 0.2) is 42.5 Å². The molecule has 128 valence electrons. The van der Waals surface area contributed by atoms with Crippen molar-refractivity contribution in [3.8, 4) is 5.75 Å². The first-order chi connectivity index (χ1) is 11.4. The van der Waals surface area contributed by atoms with E-state index in [4.69, 9.17) is 27.9 Å². The van der Waals surface area contributed by atoms with Crippen LogP contribution in [0.25, 0.3) is 0 Å². The molecule has 1 N–H and O–H groups in total. The summed E-state index contributed by atoms with van der Waals surface area (Å²) in [5.74, 6) is 1.28. The molecule has 2 aromatic carbocycles. The van der Waals surface area contributed by atoms with Crippen molar-refractivity contribution in [1.82, 2.24) is 5.32 Å². The summed E-state index contributed by atoms with van der Waals surface area (Å²) in [7, 11) is 0. The van der Waals surface area contributed by atoms with Gasteiger partial charge in [-0.25, -0.2) is 0 Å². The molecule has 0 bridgehead atoms. The summed E-state index contributed by atoms with van der Waals surface area (Å²) in [4.78, 5) is 0. The van der Waals surface area contributed by atoms with Crippen molar-refractivity contribution in [2.75, 3.05) is 6.54 Å². The lowest BCUT2D eigenvalue weighted by Crippen LogP contribution is -2.39. The van der Waals surface area contributed by atoms with Gasteiger partial charge in [-0.3, -0.25) is 0 Å². The van der Waals surface area contributed by atoms with Crippen LogP contribution in [-0.4, -0.2) is 12.1 Å². The van der Waals surface area contributed by atoms with Crippen LogP contribution < -0.4 is 10.1 Å². The highest BCUT2D eigenvalue weighted by atomic mass is 35.5. The van der Waals surface area contributed by atoms with Gasteiger partial charge in [0.05, 0.1) is 10.0 Å². The van der Waals surface area contributed by atoms with Gasteiger partial charge in [-0.1, -0.05) is 54.4 Å². The van der Waals surface area contributed by atoms with Gasteiger partial charge in [-0.2, -0.15) is 0 Å². The molecule has 0 saturated heterocycles. The van der Waals surface area contributed by atoms with Crippen LogP contribution in [0, 0.1) is 0 Å². The highest BCUT2D eigenvalue weighted by Crippen LogP contribution is 2.46. The van der Waals surface area contributed by atoms with Crippen LogP contribution in [0.5, 0.6) is 5.75 Å². The Balaban J connectivity index is 2.06. The fraction of sp³-hybridized carbons (Fsp3) is 0.400. The lowest BCUT2D eigenvalue weighted by atomic mass is 9.77. The van der Waals surface area contributed by atoms with Gasteiger partial charge in [0.15, 0.2) is 0 Å². The average molecular weight is 364 g/mol. The molecular weight excluding hydrogens is 341 g/mol.